The van der Waals surface area contributed by atoms with Crippen LogP contribution in [0.4, 0.5) is 0 Å². The van der Waals surface area contributed by atoms with E-state index in [0.29, 0.717) is 24.1 Å². The van der Waals surface area contributed by atoms with Crippen LogP contribution >= 0.6 is 11.6 Å². The number of hydrogen-bond acceptors (Lipinski definition) is 3. The standard InChI is InChI=1S/C17H15ClN2O2/c18-17-16(22-12-13-6-2-1-3-7-13)10-19-20(17)11-14-8-4-5-9-15(14)21/h1-10,21H,11-12H2. The van der Waals surface area contributed by atoms with Gasteiger partial charge in [-0.25, -0.2) is 4.68 Å². The number of ether oxygens (including phenoxy) is 1. The summed E-state index contributed by atoms with van der Waals surface area (Å²) >= 11 is 6.29. The monoisotopic (exact) mass is 314 g/mol. The molecule has 0 aliphatic carbocycles. The van der Waals surface area contributed by atoms with Crippen molar-refractivity contribution in [1.82, 2.24) is 9.78 Å². The zero-order valence-electron chi connectivity index (χ0n) is 11.8. The van der Waals surface area contributed by atoms with Crippen molar-refractivity contribution in [3.05, 3.63) is 77.1 Å². The topological polar surface area (TPSA) is 47.3 Å². The Hall–Kier alpha value is -2.46. The summed E-state index contributed by atoms with van der Waals surface area (Å²) in [6, 6.07) is 17.0. The first kappa shape index (κ1) is 14.5. The van der Waals surface area contributed by atoms with Gasteiger partial charge in [0, 0.05) is 5.56 Å². The quantitative estimate of drug-likeness (QED) is 0.777. The van der Waals surface area contributed by atoms with E-state index in [-0.39, 0.29) is 5.75 Å². The normalized spacial score (nSPS) is 10.6. The molecule has 5 heteroatoms. The van der Waals surface area contributed by atoms with Gasteiger partial charge in [-0.05, 0) is 11.6 Å². The Morgan fingerprint density at radius 1 is 1.05 bits per heavy atom. The first-order valence-electron chi connectivity index (χ1n) is 6.89. The molecular formula is C17H15ClN2O2. The van der Waals surface area contributed by atoms with Crippen LogP contribution in [0.5, 0.6) is 11.5 Å². The summed E-state index contributed by atoms with van der Waals surface area (Å²) in [7, 11) is 0. The molecule has 0 fully saturated rings. The van der Waals surface area contributed by atoms with E-state index in [1.807, 2.05) is 42.5 Å². The molecule has 1 heterocycles. The molecule has 0 amide bonds. The number of para-hydroxylation sites is 1. The van der Waals surface area contributed by atoms with Crippen molar-refractivity contribution >= 4 is 11.6 Å². The summed E-state index contributed by atoms with van der Waals surface area (Å²) in [5.41, 5.74) is 1.81. The second-order valence-electron chi connectivity index (χ2n) is 4.86. The Bertz CT molecular complexity index is 756. The molecule has 3 rings (SSSR count). The number of aromatic hydroxyl groups is 1. The zero-order chi connectivity index (χ0) is 15.4. The van der Waals surface area contributed by atoms with E-state index in [1.165, 1.54) is 0 Å². The fourth-order valence-electron chi connectivity index (χ4n) is 2.10. The molecule has 0 aliphatic rings. The van der Waals surface area contributed by atoms with Gasteiger partial charge in [0.2, 0.25) is 0 Å². The van der Waals surface area contributed by atoms with Gasteiger partial charge in [0.05, 0.1) is 12.7 Å². The maximum absolute atomic E-state index is 9.81. The molecule has 1 aromatic heterocycles. The van der Waals surface area contributed by atoms with Crippen LogP contribution in [0.1, 0.15) is 11.1 Å². The van der Waals surface area contributed by atoms with E-state index in [4.69, 9.17) is 16.3 Å². The Morgan fingerprint density at radius 3 is 2.55 bits per heavy atom. The SMILES string of the molecule is Oc1ccccc1Cn1ncc(OCc2ccccc2)c1Cl. The molecule has 0 bridgehead atoms. The Labute approximate surface area is 133 Å². The van der Waals surface area contributed by atoms with Gasteiger partial charge >= 0.3 is 0 Å². The van der Waals surface area contributed by atoms with Crippen molar-refractivity contribution in [3.63, 3.8) is 0 Å². The highest BCUT2D eigenvalue weighted by atomic mass is 35.5. The average Bonchev–Trinajstić information content (AvgIpc) is 2.89. The summed E-state index contributed by atoms with van der Waals surface area (Å²) in [6.07, 6.45) is 1.59. The van der Waals surface area contributed by atoms with Crippen molar-refractivity contribution in [2.45, 2.75) is 13.2 Å². The smallest absolute Gasteiger partial charge is 0.176 e. The van der Waals surface area contributed by atoms with Crippen LogP contribution in [0, 0.1) is 0 Å². The number of rotatable bonds is 5. The number of phenolic OH excluding ortho intramolecular Hbond substituents is 1. The van der Waals surface area contributed by atoms with Gasteiger partial charge in [0.25, 0.3) is 0 Å². The van der Waals surface area contributed by atoms with E-state index < -0.39 is 0 Å². The lowest BCUT2D eigenvalue weighted by atomic mass is 10.2. The Balaban J connectivity index is 1.71. The first-order valence-corrected chi connectivity index (χ1v) is 7.27. The van der Waals surface area contributed by atoms with E-state index >= 15 is 0 Å². The Kier molecular flexibility index (Phi) is 4.30. The van der Waals surface area contributed by atoms with E-state index in [1.54, 1.807) is 23.0 Å². The van der Waals surface area contributed by atoms with Crippen molar-refractivity contribution in [1.29, 1.82) is 0 Å². The summed E-state index contributed by atoms with van der Waals surface area (Å²) in [4.78, 5) is 0. The third kappa shape index (κ3) is 3.23. The highest BCUT2D eigenvalue weighted by Gasteiger charge is 2.11. The summed E-state index contributed by atoms with van der Waals surface area (Å²) in [5, 5.41) is 14.4. The number of phenols is 1. The number of aromatic nitrogens is 2. The van der Waals surface area contributed by atoms with E-state index in [2.05, 4.69) is 5.10 Å². The number of benzene rings is 2. The maximum Gasteiger partial charge on any atom is 0.176 e. The molecule has 1 N–H and O–H groups in total. The van der Waals surface area contributed by atoms with Gasteiger partial charge in [-0.2, -0.15) is 5.10 Å². The number of hydrogen-bond donors (Lipinski definition) is 1. The molecule has 0 atom stereocenters. The van der Waals surface area contributed by atoms with Crippen molar-refractivity contribution in [2.75, 3.05) is 0 Å². The van der Waals surface area contributed by atoms with Crippen molar-refractivity contribution in [3.8, 4) is 11.5 Å². The van der Waals surface area contributed by atoms with Crippen LogP contribution in [0.3, 0.4) is 0 Å². The lowest BCUT2D eigenvalue weighted by Gasteiger charge is -2.07. The molecule has 4 nitrogen and oxygen atoms in total. The third-order valence-electron chi connectivity index (χ3n) is 3.29. The van der Waals surface area contributed by atoms with Gasteiger partial charge < -0.3 is 9.84 Å². The minimum Gasteiger partial charge on any atom is -0.508 e. The van der Waals surface area contributed by atoms with Crippen molar-refractivity contribution in [2.24, 2.45) is 0 Å². The van der Waals surface area contributed by atoms with Crippen LogP contribution in [-0.4, -0.2) is 14.9 Å². The second kappa shape index (κ2) is 6.54. The molecule has 0 radical (unpaired) electrons. The van der Waals surface area contributed by atoms with Crippen LogP contribution < -0.4 is 4.74 Å². The molecular weight excluding hydrogens is 300 g/mol. The summed E-state index contributed by atoms with van der Waals surface area (Å²) in [5.74, 6) is 0.752. The van der Waals surface area contributed by atoms with Crippen LogP contribution in [0.25, 0.3) is 0 Å². The second-order valence-corrected chi connectivity index (χ2v) is 5.22. The predicted octanol–water partition coefficient (Wildman–Crippen LogP) is 3.87. The number of halogens is 1. The van der Waals surface area contributed by atoms with Crippen molar-refractivity contribution < 1.29 is 9.84 Å². The molecule has 0 spiro atoms. The van der Waals surface area contributed by atoms with Gasteiger partial charge in [0.1, 0.15) is 12.4 Å². The lowest BCUT2D eigenvalue weighted by Crippen LogP contribution is -2.02. The van der Waals surface area contributed by atoms with Crippen LogP contribution in [0.2, 0.25) is 5.15 Å². The molecule has 0 aliphatic heterocycles. The molecule has 0 saturated carbocycles. The first-order chi connectivity index (χ1) is 10.7. The maximum atomic E-state index is 9.81. The lowest BCUT2D eigenvalue weighted by molar-refractivity contribution is 0.306. The van der Waals surface area contributed by atoms with Crippen LogP contribution in [0.15, 0.2) is 60.8 Å². The largest absolute Gasteiger partial charge is 0.508 e. The minimum absolute atomic E-state index is 0.223. The van der Waals surface area contributed by atoms with Gasteiger partial charge in [-0.1, -0.05) is 60.1 Å². The third-order valence-corrected chi connectivity index (χ3v) is 3.67. The predicted molar refractivity (Wildman–Crippen MR) is 85.2 cm³/mol. The van der Waals surface area contributed by atoms with Gasteiger partial charge in [-0.15, -0.1) is 0 Å². The zero-order valence-corrected chi connectivity index (χ0v) is 12.6. The molecule has 0 unspecified atom stereocenters. The Morgan fingerprint density at radius 2 is 1.77 bits per heavy atom. The molecule has 22 heavy (non-hydrogen) atoms. The van der Waals surface area contributed by atoms with Gasteiger partial charge in [0.15, 0.2) is 10.9 Å². The molecule has 0 saturated heterocycles. The van der Waals surface area contributed by atoms with Crippen LogP contribution in [-0.2, 0) is 13.2 Å². The summed E-state index contributed by atoms with van der Waals surface area (Å²) < 4.78 is 7.29. The fraction of sp³-hybridized carbons (Fsp3) is 0.118. The summed E-state index contributed by atoms with van der Waals surface area (Å²) in [6.45, 7) is 0.822. The molecule has 2 aromatic carbocycles. The number of nitrogens with zero attached hydrogens (tertiary/aromatic N) is 2. The highest BCUT2D eigenvalue weighted by molar-refractivity contribution is 6.31. The molecule has 112 valence electrons. The average molecular weight is 315 g/mol. The minimum atomic E-state index is 0.223. The van der Waals surface area contributed by atoms with E-state index in [0.717, 1.165) is 11.1 Å². The highest BCUT2D eigenvalue weighted by Crippen LogP contribution is 2.26. The fourth-order valence-corrected chi connectivity index (χ4v) is 2.31. The van der Waals surface area contributed by atoms with E-state index in [9.17, 15) is 5.11 Å². The molecule has 3 aromatic rings. The van der Waals surface area contributed by atoms with Gasteiger partial charge in [-0.3, -0.25) is 0 Å².